The Hall–Kier alpha value is -1.35. The van der Waals surface area contributed by atoms with E-state index in [1.54, 1.807) is 12.1 Å². The summed E-state index contributed by atoms with van der Waals surface area (Å²) in [6.07, 6.45) is 0.781. The Kier molecular flexibility index (Phi) is 3.65. The molecular formula is C11H13FO2. The molecule has 0 fully saturated rings. The molecule has 0 heterocycles. The standard InChI is InChI=1S/C11H13FO2/c1-3-6-14-9-4-5-10(8(2)13)11(12)7-9/h3-5,7-8,13H,1,6H2,2H3. The molecule has 1 N–H and O–H groups in total. The molecule has 0 aliphatic carbocycles. The quantitative estimate of drug-likeness (QED) is 0.749. The summed E-state index contributed by atoms with van der Waals surface area (Å²) in [6.45, 7) is 5.34. The van der Waals surface area contributed by atoms with E-state index in [0.717, 1.165) is 0 Å². The van der Waals surface area contributed by atoms with E-state index < -0.39 is 11.9 Å². The Morgan fingerprint density at radius 2 is 2.36 bits per heavy atom. The van der Waals surface area contributed by atoms with E-state index in [4.69, 9.17) is 4.74 Å². The number of hydrogen-bond acceptors (Lipinski definition) is 2. The van der Waals surface area contributed by atoms with Crippen molar-refractivity contribution in [3.63, 3.8) is 0 Å². The molecule has 76 valence electrons. The first-order chi connectivity index (χ1) is 6.65. The van der Waals surface area contributed by atoms with Crippen molar-refractivity contribution in [1.29, 1.82) is 0 Å². The number of rotatable bonds is 4. The van der Waals surface area contributed by atoms with Crippen LogP contribution in [0.15, 0.2) is 30.9 Å². The third kappa shape index (κ3) is 2.57. The van der Waals surface area contributed by atoms with E-state index in [0.29, 0.717) is 12.4 Å². The lowest BCUT2D eigenvalue weighted by Crippen LogP contribution is -1.98. The van der Waals surface area contributed by atoms with E-state index in [9.17, 15) is 9.50 Å². The van der Waals surface area contributed by atoms with Crippen molar-refractivity contribution < 1.29 is 14.2 Å². The van der Waals surface area contributed by atoms with Gasteiger partial charge in [-0.15, -0.1) is 0 Å². The van der Waals surface area contributed by atoms with Gasteiger partial charge in [0.2, 0.25) is 0 Å². The molecule has 3 heteroatoms. The highest BCUT2D eigenvalue weighted by molar-refractivity contribution is 5.30. The summed E-state index contributed by atoms with van der Waals surface area (Å²) in [7, 11) is 0. The minimum atomic E-state index is -0.802. The van der Waals surface area contributed by atoms with Crippen molar-refractivity contribution in [2.75, 3.05) is 6.61 Å². The van der Waals surface area contributed by atoms with E-state index in [2.05, 4.69) is 6.58 Å². The van der Waals surface area contributed by atoms with Crippen molar-refractivity contribution in [3.05, 3.63) is 42.2 Å². The van der Waals surface area contributed by atoms with Gasteiger partial charge in [0, 0.05) is 11.6 Å². The molecule has 1 rings (SSSR count). The van der Waals surface area contributed by atoms with Gasteiger partial charge in [0.15, 0.2) is 0 Å². The molecule has 0 bridgehead atoms. The zero-order valence-corrected chi connectivity index (χ0v) is 8.03. The Balaban J connectivity index is 2.83. The molecule has 1 aromatic rings. The first-order valence-corrected chi connectivity index (χ1v) is 4.36. The van der Waals surface area contributed by atoms with E-state index in [1.807, 2.05) is 0 Å². The number of aliphatic hydroxyl groups excluding tert-OH is 1. The molecule has 1 unspecified atom stereocenters. The smallest absolute Gasteiger partial charge is 0.132 e. The van der Waals surface area contributed by atoms with Crippen LogP contribution in [0.25, 0.3) is 0 Å². The Bertz CT molecular complexity index is 321. The van der Waals surface area contributed by atoms with Gasteiger partial charge in [0.1, 0.15) is 18.2 Å². The van der Waals surface area contributed by atoms with Crippen LogP contribution in [-0.2, 0) is 0 Å². The van der Waals surface area contributed by atoms with Crippen LogP contribution < -0.4 is 4.74 Å². The minimum Gasteiger partial charge on any atom is -0.489 e. The number of ether oxygens (including phenoxy) is 1. The monoisotopic (exact) mass is 196 g/mol. The van der Waals surface area contributed by atoms with Crippen molar-refractivity contribution in [2.45, 2.75) is 13.0 Å². The maximum absolute atomic E-state index is 13.3. The molecule has 0 spiro atoms. The van der Waals surface area contributed by atoms with Crippen LogP contribution in [0.2, 0.25) is 0 Å². The molecule has 0 radical (unpaired) electrons. The lowest BCUT2D eigenvalue weighted by Gasteiger charge is -2.08. The van der Waals surface area contributed by atoms with Crippen LogP contribution in [0.4, 0.5) is 4.39 Å². The summed E-state index contributed by atoms with van der Waals surface area (Å²) in [4.78, 5) is 0. The van der Waals surface area contributed by atoms with Crippen LogP contribution in [0.5, 0.6) is 5.75 Å². The van der Waals surface area contributed by atoms with Gasteiger partial charge in [0.25, 0.3) is 0 Å². The van der Waals surface area contributed by atoms with Crippen molar-refractivity contribution in [2.24, 2.45) is 0 Å². The highest BCUT2D eigenvalue weighted by Crippen LogP contribution is 2.21. The second-order valence-corrected chi connectivity index (χ2v) is 2.96. The number of halogens is 1. The minimum absolute atomic E-state index is 0.274. The van der Waals surface area contributed by atoms with Gasteiger partial charge in [-0.3, -0.25) is 0 Å². The lowest BCUT2D eigenvalue weighted by molar-refractivity contribution is 0.194. The predicted octanol–water partition coefficient (Wildman–Crippen LogP) is 2.44. The van der Waals surface area contributed by atoms with Gasteiger partial charge in [-0.25, -0.2) is 4.39 Å². The van der Waals surface area contributed by atoms with Gasteiger partial charge in [-0.1, -0.05) is 12.7 Å². The van der Waals surface area contributed by atoms with Crippen LogP contribution >= 0.6 is 0 Å². The third-order valence-corrected chi connectivity index (χ3v) is 1.79. The Morgan fingerprint density at radius 3 is 2.86 bits per heavy atom. The van der Waals surface area contributed by atoms with Gasteiger partial charge >= 0.3 is 0 Å². The molecule has 0 aliphatic heterocycles. The molecule has 2 nitrogen and oxygen atoms in total. The molecule has 0 aromatic heterocycles. The summed E-state index contributed by atoms with van der Waals surface area (Å²) in [5.41, 5.74) is 0.274. The predicted molar refractivity (Wildman–Crippen MR) is 52.7 cm³/mol. The summed E-state index contributed by atoms with van der Waals surface area (Å²) < 4.78 is 18.4. The van der Waals surface area contributed by atoms with Crippen LogP contribution in [-0.4, -0.2) is 11.7 Å². The summed E-state index contributed by atoms with van der Waals surface area (Å²) in [6, 6.07) is 4.39. The topological polar surface area (TPSA) is 29.5 Å². The molecule has 0 saturated heterocycles. The SMILES string of the molecule is C=CCOc1ccc(C(C)O)c(F)c1. The first-order valence-electron chi connectivity index (χ1n) is 4.36. The molecular weight excluding hydrogens is 183 g/mol. The first kappa shape index (κ1) is 10.7. The normalized spacial score (nSPS) is 12.2. The average molecular weight is 196 g/mol. The highest BCUT2D eigenvalue weighted by atomic mass is 19.1. The second kappa shape index (κ2) is 4.77. The second-order valence-electron chi connectivity index (χ2n) is 2.96. The van der Waals surface area contributed by atoms with Gasteiger partial charge < -0.3 is 9.84 Å². The van der Waals surface area contributed by atoms with Crippen molar-refractivity contribution >= 4 is 0 Å². The fourth-order valence-corrected chi connectivity index (χ4v) is 1.09. The third-order valence-electron chi connectivity index (χ3n) is 1.79. The maximum Gasteiger partial charge on any atom is 0.132 e. The molecule has 1 atom stereocenters. The zero-order valence-electron chi connectivity index (χ0n) is 8.03. The average Bonchev–Trinajstić information content (AvgIpc) is 2.14. The fourth-order valence-electron chi connectivity index (χ4n) is 1.09. The summed E-state index contributed by atoms with van der Waals surface area (Å²) in [5, 5.41) is 9.17. The van der Waals surface area contributed by atoms with Crippen molar-refractivity contribution in [3.8, 4) is 5.75 Å². The number of hydrogen-bond donors (Lipinski definition) is 1. The molecule has 1 aromatic carbocycles. The molecule has 0 amide bonds. The van der Waals surface area contributed by atoms with Crippen LogP contribution in [0.1, 0.15) is 18.6 Å². The Labute approximate surface area is 82.6 Å². The summed E-state index contributed by atoms with van der Waals surface area (Å²) >= 11 is 0. The maximum atomic E-state index is 13.3. The highest BCUT2D eigenvalue weighted by Gasteiger charge is 2.08. The number of aliphatic hydroxyl groups is 1. The van der Waals surface area contributed by atoms with Gasteiger partial charge in [-0.05, 0) is 19.1 Å². The van der Waals surface area contributed by atoms with Gasteiger partial charge in [-0.2, -0.15) is 0 Å². The number of benzene rings is 1. The van der Waals surface area contributed by atoms with Crippen molar-refractivity contribution in [1.82, 2.24) is 0 Å². The fraction of sp³-hybridized carbons (Fsp3) is 0.273. The zero-order chi connectivity index (χ0) is 10.6. The van der Waals surface area contributed by atoms with E-state index >= 15 is 0 Å². The lowest BCUT2D eigenvalue weighted by atomic mass is 10.1. The largest absolute Gasteiger partial charge is 0.489 e. The molecule has 14 heavy (non-hydrogen) atoms. The van der Waals surface area contributed by atoms with E-state index in [-0.39, 0.29) is 5.56 Å². The molecule has 0 saturated carbocycles. The van der Waals surface area contributed by atoms with E-state index in [1.165, 1.54) is 19.1 Å². The summed E-state index contributed by atoms with van der Waals surface area (Å²) in [5.74, 6) is -0.0200. The Morgan fingerprint density at radius 1 is 1.64 bits per heavy atom. The van der Waals surface area contributed by atoms with Gasteiger partial charge in [0.05, 0.1) is 6.10 Å². The molecule has 0 aliphatic rings. The van der Waals surface area contributed by atoms with Crippen LogP contribution in [0, 0.1) is 5.82 Å². The van der Waals surface area contributed by atoms with Crippen LogP contribution in [0.3, 0.4) is 0 Å².